The molecule has 0 aliphatic rings. The number of rotatable bonds is 1. The van der Waals surface area contributed by atoms with E-state index in [4.69, 9.17) is 0 Å². The van der Waals surface area contributed by atoms with E-state index < -0.39 is 11.1 Å². The summed E-state index contributed by atoms with van der Waals surface area (Å²) in [6.07, 6.45) is 1.78. The third-order valence-corrected chi connectivity index (χ3v) is 2.36. The molecular formula is C8H6NO2S-. The van der Waals surface area contributed by atoms with Crippen molar-refractivity contribution in [2.24, 2.45) is 0 Å². The van der Waals surface area contributed by atoms with Crippen LogP contribution in [0.4, 0.5) is 0 Å². The van der Waals surface area contributed by atoms with Crippen LogP contribution in [0.1, 0.15) is 0 Å². The molecule has 1 N–H and O–H groups in total. The smallest absolute Gasteiger partial charge is 0.0454 e. The fraction of sp³-hybridized carbons (Fsp3) is 0. The maximum absolute atomic E-state index is 10.6. The molecule has 0 aliphatic heterocycles. The average molecular weight is 180 g/mol. The summed E-state index contributed by atoms with van der Waals surface area (Å²) < 4.78 is 21.1. The van der Waals surface area contributed by atoms with Crippen LogP contribution in [-0.2, 0) is 11.1 Å². The zero-order chi connectivity index (χ0) is 8.55. The van der Waals surface area contributed by atoms with Crippen molar-refractivity contribution in [2.75, 3.05) is 0 Å². The first-order valence-electron chi connectivity index (χ1n) is 3.44. The van der Waals surface area contributed by atoms with E-state index in [0.29, 0.717) is 4.90 Å². The van der Waals surface area contributed by atoms with Crippen molar-refractivity contribution in [3.05, 3.63) is 30.5 Å². The maximum Gasteiger partial charge on any atom is 0.0454 e. The molecule has 0 radical (unpaired) electrons. The number of aromatic amines is 1. The van der Waals surface area contributed by atoms with Crippen molar-refractivity contribution >= 4 is 22.0 Å². The second-order valence-electron chi connectivity index (χ2n) is 2.46. The number of fused-ring (bicyclic) bond motifs is 1. The molecule has 0 bridgehead atoms. The highest BCUT2D eigenvalue weighted by atomic mass is 32.2. The minimum atomic E-state index is -2.13. The van der Waals surface area contributed by atoms with Crippen LogP contribution in [0.25, 0.3) is 10.9 Å². The summed E-state index contributed by atoms with van der Waals surface area (Å²) in [5, 5.41) is 0.914. The molecule has 0 fully saturated rings. The lowest BCUT2D eigenvalue weighted by atomic mass is 10.2. The highest BCUT2D eigenvalue weighted by Crippen LogP contribution is 2.15. The van der Waals surface area contributed by atoms with Crippen molar-refractivity contribution in [2.45, 2.75) is 4.90 Å². The summed E-state index contributed by atoms with van der Waals surface area (Å²) in [6.45, 7) is 0. The van der Waals surface area contributed by atoms with Crippen molar-refractivity contribution in [3.8, 4) is 0 Å². The molecule has 1 aromatic carbocycles. The van der Waals surface area contributed by atoms with E-state index in [9.17, 15) is 8.76 Å². The third-order valence-electron chi connectivity index (χ3n) is 1.72. The van der Waals surface area contributed by atoms with E-state index in [0.717, 1.165) is 10.9 Å². The molecule has 62 valence electrons. The number of aromatic nitrogens is 1. The first-order valence-corrected chi connectivity index (χ1v) is 4.51. The number of benzene rings is 1. The Morgan fingerprint density at radius 1 is 1.33 bits per heavy atom. The van der Waals surface area contributed by atoms with E-state index in [-0.39, 0.29) is 0 Å². The second-order valence-corrected chi connectivity index (χ2v) is 3.40. The monoisotopic (exact) mass is 180 g/mol. The molecule has 0 amide bonds. The predicted molar refractivity (Wildman–Crippen MR) is 45.5 cm³/mol. The Balaban J connectivity index is 2.68. The summed E-state index contributed by atoms with van der Waals surface area (Å²) in [4.78, 5) is 3.31. The van der Waals surface area contributed by atoms with Gasteiger partial charge in [-0.15, -0.1) is 0 Å². The third kappa shape index (κ3) is 1.15. The van der Waals surface area contributed by atoms with Gasteiger partial charge in [-0.1, -0.05) is 0 Å². The minimum Gasteiger partial charge on any atom is -0.768 e. The van der Waals surface area contributed by atoms with Gasteiger partial charge >= 0.3 is 0 Å². The van der Waals surface area contributed by atoms with E-state index in [2.05, 4.69) is 4.98 Å². The largest absolute Gasteiger partial charge is 0.768 e. The van der Waals surface area contributed by atoms with Gasteiger partial charge < -0.3 is 9.54 Å². The zero-order valence-electron chi connectivity index (χ0n) is 6.11. The summed E-state index contributed by atoms with van der Waals surface area (Å²) in [5.74, 6) is 0. The number of hydrogen-bond acceptors (Lipinski definition) is 2. The molecule has 1 aromatic heterocycles. The molecule has 2 rings (SSSR count). The van der Waals surface area contributed by atoms with Crippen LogP contribution in [0, 0.1) is 0 Å². The number of nitrogens with one attached hydrogen (secondary N) is 1. The standard InChI is InChI=1S/C8H7NO2S/c10-12(11)7-1-2-8-6(5-7)3-4-9-8/h1-5,9H,(H,10,11)/p-1. The van der Waals surface area contributed by atoms with Gasteiger partial charge in [0.2, 0.25) is 0 Å². The van der Waals surface area contributed by atoms with Gasteiger partial charge in [-0.25, -0.2) is 0 Å². The van der Waals surface area contributed by atoms with Gasteiger partial charge in [0.1, 0.15) is 0 Å². The molecule has 4 heteroatoms. The Hall–Kier alpha value is -1.13. The maximum atomic E-state index is 10.6. The Bertz CT molecular complexity index is 435. The Morgan fingerprint density at radius 3 is 2.92 bits per heavy atom. The van der Waals surface area contributed by atoms with E-state index in [1.165, 1.54) is 0 Å². The van der Waals surface area contributed by atoms with Crippen LogP contribution in [0.3, 0.4) is 0 Å². The van der Waals surface area contributed by atoms with E-state index in [1.807, 2.05) is 6.07 Å². The van der Waals surface area contributed by atoms with Crippen molar-refractivity contribution < 1.29 is 8.76 Å². The summed E-state index contributed by atoms with van der Waals surface area (Å²) >= 11 is -2.13. The molecule has 0 saturated heterocycles. The molecule has 1 heterocycles. The lowest BCUT2D eigenvalue weighted by Crippen LogP contribution is -1.86. The van der Waals surface area contributed by atoms with Crippen molar-refractivity contribution in [1.29, 1.82) is 0 Å². The lowest BCUT2D eigenvalue weighted by Gasteiger charge is -2.03. The van der Waals surface area contributed by atoms with Crippen LogP contribution in [0.5, 0.6) is 0 Å². The summed E-state index contributed by atoms with van der Waals surface area (Å²) in [5.41, 5.74) is 0.948. The molecule has 12 heavy (non-hydrogen) atoms. The van der Waals surface area contributed by atoms with Crippen LogP contribution in [-0.4, -0.2) is 13.7 Å². The molecule has 0 spiro atoms. The fourth-order valence-electron chi connectivity index (χ4n) is 1.14. The van der Waals surface area contributed by atoms with Gasteiger partial charge in [0, 0.05) is 22.0 Å². The highest BCUT2D eigenvalue weighted by Gasteiger charge is 1.95. The highest BCUT2D eigenvalue weighted by molar-refractivity contribution is 7.79. The molecule has 3 nitrogen and oxygen atoms in total. The zero-order valence-corrected chi connectivity index (χ0v) is 6.93. The molecule has 0 aliphatic carbocycles. The quantitative estimate of drug-likeness (QED) is 0.674. The summed E-state index contributed by atoms with van der Waals surface area (Å²) in [6, 6.07) is 6.79. The topological polar surface area (TPSA) is 55.9 Å². The van der Waals surface area contributed by atoms with Crippen LogP contribution in [0.2, 0.25) is 0 Å². The van der Waals surface area contributed by atoms with Crippen molar-refractivity contribution in [3.63, 3.8) is 0 Å². The lowest BCUT2D eigenvalue weighted by molar-refractivity contribution is 0.537. The fourth-order valence-corrected chi connectivity index (χ4v) is 1.54. The first-order chi connectivity index (χ1) is 5.77. The molecule has 1 unspecified atom stereocenters. The molecule has 1 atom stereocenters. The number of hydrogen-bond donors (Lipinski definition) is 1. The second kappa shape index (κ2) is 2.73. The Kier molecular flexibility index (Phi) is 1.71. The van der Waals surface area contributed by atoms with E-state index in [1.54, 1.807) is 24.4 Å². The normalized spacial score (nSPS) is 13.4. The van der Waals surface area contributed by atoms with Gasteiger partial charge in [-0.05, 0) is 35.3 Å². The number of H-pyrrole nitrogens is 1. The van der Waals surface area contributed by atoms with Gasteiger partial charge in [-0.3, -0.25) is 4.21 Å². The van der Waals surface area contributed by atoms with Gasteiger partial charge in [-0.2, -0.15) is 0 Å². The minimum absolute atomic E-state index is 0.321. The van der Waals surface area contributed by atoms with E-state index >= 15 is 0 Å². The van der Waals surface area contributed by atoms with Gasteiger partial charge in [0.25, 0.3) is 0 Å². The Labute approximate surface area is 71.7 Å². The van der Waals surface area contributed by atoms with Gasteiger partial charge in [0.15, 0.2) is 0 Å². The molecule has 2 aromatic rings. The summed E-state index contributed by atoms with van der Waals surface area (Å²) in [7, 11) is 0. The van der Waals surface area contributed by atoms with Crippen molar-refractivity contribution in [1.82, 2.24) is 4.98 Å². The SMILES string of the molecule is O=S([O-])c1ccc2[nH]ccc2c1. The van der Waals surface area contributed by atoms with Crippen LogP contribution in [0.15, 0.2) is 35.4 Å². The molecular weight excluding hydrogens is 174 g/mol. The average Bonchev–Trinajstić information content (AvgIpc) is 2.49. The predicted octanol–water partition coefficient (Wildman–Crippen LogP) is 1.41. The van der Waals surface area contributed by atoms with Gasteiger partial charge in [0.05, 0.1) is 0 Å². The Morgan fingerprint density at radius 2 is 2.17 bits per heavy atom. The van der Waals surface area contributed by atoms with Crippen LogP contribution >= 0.6 is 0 Å². The molecule has 0 saturated carbocycles. The first kappa shape index (κ1) is 7.52. The van der Waals surface area contributed by atoms with Crippen LogP contribution < -0.4 is 0 Å².